The van der Waals surface area contributed by atoms with Crippen LogP contribution in [0.2, 0.25) is 0 Å². The first-order valence-corrected chi connectivity index (χ1v) is 8.07. The van der Waals surface area contributed by atoms with Crippen molar-refractivity contribution in [2.24, 2.45) is 5.92 Å². The van der Waals surface area contributed by atoms with E-state index in [4.69, 9.17) is 4.52 Å². The van der Waals surface area contributed by atoms with Gasteiger partial charge in [0.2, 0.25) is 0 Å². The number of nitrogens with zero attached hydrogens (tertiary/aromatic N) is 2. The molecule has 0 aliphatic rings. The normalized spacial score (nSPS) is 13.5. The molecular formula is C17H24N4O3. The largest absolute Gasteiger partial charge is 0.391 e. The Labute approximate surface area is 141 Å². The number of carbonyl (C=O) groups excluding carboxylic acids is 1. The molecule has 0 aliphatic carbocycles. The highest BCUT2D eigenvalue weighted by atomic mass is 16.5. The zero-order valence-corrected chi connectivity index (χ0v) is 14.2. The predicted molar refractivity (Wildman–Crippen MR) is 90.1 cm³/mol. The van der Waals surface area contributed by atoms with Gasteiger partial charge in [-0.2, -0.15) is 4.98 Å². The van der Waals surface area contributed by atoms with E-state index in [1.807, 2.05) is 44.2 Å². The number of urea groups is 1. The summed E-state index contributed by atoms with van der Waals surface area (Å²) in [5, 5.41) is 19.0. The molecule has 0 saturated heterocycles. The topological polar surface area (TPSA) is 100 Å². The van der Waals surface area contributed by atoms with Gasteiger partial charge < -0.3 is 20.3 Å². The Morgan fingerprint density at radius 1 is 1.25 bits per heavy atom. The highest BCUT2D eigenvalue weighted by Gasteiger charge is 2.17. The highest BCUT2D eigenvalue weighted by Crippen LogP contribution is 2.18. The number of aliphatic hydroxyl groups excluding tert-OH is 1. The average Bonchev–Trinajstić information content (AvgIpc) is 3.03. The Morgan fingerprint density at radius 2 is 1.96 bits per heavy atom. The van der Waals surface area contributed by atoms with Gasteiger partial charge in [0.15, 0.2) is 5.82 Å². The monoisotopic (exact) mass is 332 g/mol. The SMILES string of the molecule is CC(C)CC(O)CNC(=O)NC(C)c1noc(-c2ccccc2)n1. The molecule has 130 valence electrons. The Morgan fingerprint density at radius 3 is 2.62 bits per heavy atom. The molecule has 0 fully saturated rings. The van der Waals surface area contributed by atoms with Crippen LogP contribution >= 0.6 is 0 Å². The van der Waals surface area contributed by atoms with Crippen LogP contribution in [0, 0.1) is 5.92 Å². The second-order valence-corrected chi connectivity index (χ2v) is 6.18. The Balaban J connectivity index is 1.85. The van der Waals surface area contributed by atoms with Gasteiger partial charge in [0.05, 0.1) is 12.1 Å². The maximum Gasteiger partial charge on any atom is 0.315 e. The van der Waals surface area contributed by atoms with E-state index in [1.165, 1.54) is 0 Å². The van der Waals surface area contributed by atoms with Crippen LogP contribution in [0.1, 0.15) is 39.1 Å². The van der Waals surface area contributed by atoms with Crippen LogP contribution in [0.5, 0.6) is 0 Å². The summed E-state index contributed by atoms with van der Waals surface area (Å²) in [6, 6.07) is 8.64. The fourth-order valence-corrected chi connectivity index (χ4v) is 2.26. The molecule has 2 amide bonds. The lowest BCUT2D eigenvalue weighted by molar-refractivity contribution is 0.146. The van der Waals surface area contributed by atoms with E-state index in [9.17, 15) is 9.90 Å². The van der Waals surface area contributed by atoms with Crippen LogP contribution in [0.3, 0.4) is 0 Å². The van der Waals surface area contributed by atoms with Gasteiger partial charge in [0, 0.05) is 12.1 Å². The predicted octanol–water partition coefficient (Wildman–Crippen LogP) is 2.50. The number of aromatic nitrogens is 2. The molecule has 2 atom stereocenters. The first kappa shape index (κ1) is 17.9. The van der Waals surface area contributed by atoms with Crippen molar-refractivity contribution >= 4 is 6.03 Å². The molecule has 7 nitrogen and oxygen atoms in total. The molecule has 2 aromatic rings. The molecular weight excluding hydrogens is 308 g/mol. The molecule has 0 aliphatic heterocycles. The fraction of sp³-hybridized carbons (Fsp3) is 0.471. The maximum absolute atomic E-state index is 11.9. The molecule has 7 heteroatoms. The van der Waals surface area contributed by atoms with E-state index >= 15 is 0 Å². The van der Waals surface area contributed by atoms with Crippen molar-refractivity contribution in [3.05, 3.63) is 36.2 Å². The average molecular weight is 332 g/mol. The van der Waals surface area contributed by atoms with Crippen LogP contribution in [-0.4, -0.2) is 33.9 Å². The van der Waals surface area contributed by atoms with E-state index < -0.39 is 12.1 Å². The van der Waals surface area contributed by atoms with Gasteiger partial charge in [-0.1, -0.05) is 37.2 Å². The molecule has 1 aromatic heterocycles. The van der Waals surface area contributed by atoms with E-state index in [-0.39, 0.29) is 12.6 Å². The van der Waals surface area contributed by atoms with Crippen molar-refractivity contribution < 1.29 is 14.4 Å². The van der Waals surface area contributed by atoms with E-state index in [2.05, 4.69) is 20.8 Å². The van der Waals surface area contributed by atoms with Gasteiger partial charge in [-0.25, -0.2) is 4.79 Å². The minimum atomic E-state index is -0.555. The lowest BCUT2D eigenvalue weighted by Crippen LogP contribution is -2.41. The van der Waals surface area contributed by atoms with Crippen molar-refractivity contribution in [2.45, 2.75) is 39.3 Å². The van der Waals surface area contributed by atoms with Gasteiger partial charge in [-0.05, 0) is 31.4 Å². The van der Waals surface area contributed by atoms with Crippen molar-refractivity contribution in [3.63, 3.8) is 0 Å². The first-order valence-electron chi connectivity index (χ1n) is 8.07. The number of benzene rings is 1. The number of amides is 2. The van der Waals surface area contributed by atoms with Crippen molar-refractivity contribution in [1.29, 1.82) is 0 Å². The summed E-state index contributed by atoms with van der Waals surface area (Å²) in [5.74, 6) is 1.18. The number of hydrogen-bond acceptors (Lipinski definition) is 5. The third-order valence-corrected chi connectivity index (χ3v) is 3.44. The lowest BCUT2D eigenvalue weighted by atomic mass is 10.1. The summed E-state index contributed by atoms with van der Waals surface area (Å²) in [4.78, 5) is 16.2. The van der Waals surface area contributed by atoms with E-state index in [0.717, 1.165) is 5.56 Å². The molecule has 0 bridgehead atoms. The molecule has 2 rings (SSSR count). The fourth-order valence-electron chi connectivity index (χ4n) is 2.26. The number of nitrogens with one attached hydrogen (secondary N) is 2. The molecule has 0 saturated carbocycles. The zero-order chi connectivity index (χ0) is 17.5. The molecule has 3 N–H and O–H groups in total. The summed E-state index contributed by atoms with van der Waals surface area (Å²) in [5.41, 5.74) is 0.824. The summed E-state index contributed by atoms with van der Waals surface area (Å²) >= 11 is 0. The van der Waals surface area contributed by atoms with Crippen LogP contribution in [-0.2, 0) is 0 Å². The summed E-state index contributed by atoms with van der Waals surface area (Å²) in [7, 11) is 0. The number of hydrogen-bond donors (Lipinski definition) is 3. The number of rotatable bonds is 7. The smallest absolute Gasteiger partial charge is 0.315 e. The minimum Gasteiger partial charge on any atom is -0.391 e. The van der Waals surface area contributed by atoms with Gasteiger partial charge in [-0.3, -0.25) is 0 Å². The molecule has 24 heavy (non-hydrogen) atoms. The first-order chi connectivity index (χ1) is 11.5. The lowest BCUT2D eigenvalue weighted by Gasteiger charge is -2.15. The van der Waals surface area contributed by atoms with E-state index in [1.54, 1.807) is 6.92 Å². The molecule has 0 radical (unpaired) electrons. The third-order valence-electron chi connectivity index (χ3n) is 3.44. The van der Waals surface area contributed by atoms with Crippen LogP contribution in [0.25, 0.3) is 11.5 Å². The third kappa shape index (κ3) is 5.34. The second-order valence-electron chi connectivity index (χ2n) is 6.18. The van der Waals surface area contributed by atoms with Gasteiger partial charge >= 0.3 is 6.03 Å². The standard InChI is InChI=1S/C17H24N4O3/c1-11(2)9-14(22)10-18-17(23)19-12(3)15-20-16(24-21-15)13-7-5-4-6-8-13/h4-8,11-12,14,22H,9-10H2,1-3H3,(H2,18,19,23). The second kappa shape index (κ2) is 8.44. The van der Waals surface area contributed by atoms with Gasteiger partial charge in [0.25, 0.3) is 5.89 Å². The van der Waals surface area contributed by atoms with E-state index in [0.29, 0.717) is 24.1 Å². The summed E-state index contributed by atoms with van der Waals surface area (Å²) < 4.78 is 5.22. The van der Waals surface area contributed by atoms with Crippen molar-refractivity contribution in [1.82, 2.24) is 20.8 Å². The number of aliphatic hydroxyl groups is 1. The molecule has 1 heterocycles. The Kier molecular flexibility index (Phi) is 6.31. The quantitative estimate of drug-likeness (QED) is 0.723. The zero-order valence-electron chi connectivity index (χ0n) is 14.2. The molecule has 0 spiro atoms. The van der Waals surface area contributed by atoms with Crippen LogP contribution < -0.4 is 10.6 Å². The summed E-state index contributed by atoms with van der Waals surface area (Å²) in [6.07, 6.45) is 0.0853. The highest BCUT2D eigenvalue weighted by molar-refractivity contribution is 5.74. The van der Waals surface area contributed by atoms with Crippen molar-refractivity contribution in [2.75, 3.05) is 6.54 Å². The van der Waals surface area contributed by atoms with Crippen LogP contribution in [0.4, 0.5) is 4.79 Å². The van der Waals surface area contributed by atoms with Crippen molar-refractivity contribution in [3.8, 4) is 11.5 Å². The Bertz CT molecular complexity index is 642. The molecule has 1 aromatic carbocycles. The maximum atomic E-state index is 11.9. The Hall–Kier alpha value is -2.41. The number of carbonyl (C=O) groups is 1. The van der Waals surface area contributed by atoms with Crippen LogP contribution in [0.15, 0.2) is 34.9 Å². The molecule has 2 unspecified atom stereocenters. The van der Waals surface area contributed by atoms with Gasteiger partial charge in [0.1, 0.15) is 0 Å². The minimum absolute atomic E-state index is 0.207. The summed E-state index contributed by atoms with van der Waals surface area (Å²) in [6.45, 7) is 6.01. The van der Waals surface area contributed by atoms with Gasteiger partial charge in [-0.15, -0.1) is 0 Å².